The number of aliphatic hydroxyl groups is 1. The molecule has 0 radical (unpaired) electrons. The fourth-order valence-electron chi connectivity index (χ4n) is 0.787. The predicted octanol–water partition coefficient (Wildman–Crippen LogP) is 1.75. The Bertz CT molecular complexity index is 76.1. The van der Waals surface area contributed by atoms with E-state index < -0.39 is 8.38 Å². The van der Waals surface area contributed by atoms with Crippen molar-refractivity contribution in [2.75, 3.05) is 27.0 Å². The molecule has 3 nitrogen and oxygen atoms in total. The molecule has 0 aliphatic heterocycles. The maximum atomic E-state index is 8.49. The molecule has 11 heavy (non-hydrogen) atoms. The van der Waals surface area contributed by atoms with Crippen molar-refractivity contribution in [3.63, 3.8) is 0 Å². The minimum Gasteiger partial charge on any atom is -0.396 e. The van der Waals surface area contributed by atoms with Crippen LogP contribution in [0.2, 0.25) is 0 Å². The Morgan fingerprint density at radius 1 is 1.09 bits per heavy atom. The van der Waals surface area contributed by atoms with Crippen LogP contribution in [0.4, 0.5) is 0 Å². The lowest BCUT2D eigenvalue weighted by molar-refractivity contribution is 0.283. The molecule has 4 heteroatoms. The van der Waals surface area contributed by atoms with Crippen LogP contribution in [0.1, 0.15) is 19.3 Å². The third kappa shape index (κ3) is 6.70. The van der Waals surface area contributed by atoms with Gasteiger partial charge >= 0.3 is 0 Å². The summed E-state index contributed by atoms with van der Waals surface area (Å²) in [7, 11) is 2.68. The summed E-state index contributed by atoms with van der Waals surface area (Å²) in [5.74, 6) is 0. The molecule has 0 amide bonds. The Labute approximate surface area is 69.6 Å². The van der Waals surface area contributed by atoms with Crippen LogP contribution in [-0.2, 0) is 9.05 Å². The van der Waals surface area contributed by atoms with Gasteiger partial charge in [-0.1, -0.05) is 6.42 Å². The predicted molar refractivity (Wildman–Crippen MR) is 46.7 cm³/mol. The summed E-state index contributed by atoms with van der Waals surface area (Å²) in [6.45, 7) is 0.290. The quantitative estimate of drug-likeness (QED) is 0.479. The molecular weight excluding hydrogens is 163 g/mol. The Morgan fingerprint density at radius 2 is 1.73 bits per heavy atom. The molecule has 0 fully saturated rings. The van der Waals surface area contributed by atoms with Gasteiger partial charge in [0.1, 0.15) is 0 Å². The Hall–Kier alpha value is 0.310. The van der Waals surface area contributed by atoms with E-state index in [0.29, 0.717) is 0 Å². The van der Waals surface area contributed by atoms with Gasteiger partial charge in [-0.25, -0.2) is 0 Å². The first kappa shape index (κ1) is 11.3. The van der Waals surface area contributed by atoms with Crippen LogP contribution in [0.15, 0.2) is 0 Å². The van der Waals surface area contributed by atoms with Gasteiger partial charge in [-0.15, -0.1) is 0 Å². The van der Waals surface area contributed by atoms with Crippen molar-refractivity contribution in [1.29, 1.82) is 0 Å². The van der Waals surface area contributed by atoms with E-state index in [1.807, 2.05) is 0 Å². The van der Waals surface area contributed by atoms with Crippen molar-refractivity contribution in [3.8, 4) is 0 Å². The summed E-state index contributed by atoms with van der Waals surface area (Å²) in [6, 6.07) is 0. The average molecular weight is 180 g/mol. The first-order valence-corrected chi connectivity index (χ1v) is 5.18. The van der Waals surface area contributed by atoms with Gasteiger partial charge in [0.15, 0.2) is 8.38 Å². The smallest absolute Gasteiger partial charge is 0.169 e. The van der Waals surface area contributed by atoms with Crippen LogP contribution in [0, 0.1) is 0 Å². The van der Waals surface area contributed by atoms with Crippen molar-refractivity contribution in [2.45, 2.75) is 19.3 Å². The molecule has 0 saturated heterocycles. The SMILES string of the molecule is COP(CCCCCO)OC. The average Bonchev–Trinajstić information content (AvgIpc) is 2.05. The molecule has 0 aliphatic carbocycles. The Morgan fingerprint density at radius 3 is 2.18 bits per heavy atom. The number of rotatable bonds is 7. The van der Waals surface area contributed by atoms with Gasteiger partial charge < -0.3 is 14.2 Å². The lowest BCUT2D eigenvalue weighted by Gasteiger charge is -2.10. The second-order valence-corrected chi connectivity index (χ2v) is 4.05. The van der Waals surface area contributed by atoms with Gasteiger partial charge in [0.25, 0.3) is 0 Å². The summed E-state index contributed by atoms with van der Waals surface area (Å²) in [5.41, 5.74) is 0. The largest absolute Gasteiger partial charge is 0.396 e. The van der Waals surface area contributed by atoms with E-state index in [4.69, 9.17) is 14.2 Å². The summed E-state index contributed by atoms with van der Waals surface area (Å²) in [4.78, 5) is 0. The van der Waals surface area contributed by atoms with Crippen molar-refractivity contribution >= 4 is 8.38 Å². The van der Waals surface area contributed by atoms with E-state index in [1.54, 1.807) is 14.2 Å². The molecule has 0 spiro atoms. The molecular formula is C7H17O3P. The summed E-state index contributed by atoms with van der Waals surface area (Å²) in [5, 5.41) is 8.49. The lowest BCUT2D eigenvalue weighted by Crippen LogP contribution is -1.90. The first-order valence-electron chi connectivity index (χ1n) is 3.81. The highest BCUT2D eigenvalue weighted by Gasteiger charge is 2.03. The van der Waals surface area contributed by atoms with E-state index in [0.717, 1.165) is 25.4 Å². The summed E-state index contributed by atoms with van der Waals surface area (Å²) < 4.78 is 10.1. The van der Waals surface area contributed by atoms with Gasteiger partial charge in [-0.3, -0.25) is 0 Å². The molecule has 0 aliphatic rings. The molecule has 0 bridgehead atoms. The van der Waals surface area contributed by atoms with E-state index in [1.165, 1.54) is 0 Å². The molecule has 0 atom stereocenters. The Balaban J connectivity index is 3.07. The fraction of sp³-hybridized carbons (Fsp3) is 1.00. The van der Waals surface area contributed by atoms with Crippen LogP contribution in [-0.4, -0.2) is 32.1 Å². The standard InChI is InChI=1S/C7H17O3P/c1-9-11(10-2)7-5-3-4-6-8/h8H,3-7H2,1-2H3. The van der Waals surface area contributed by atoms with Crippen LogP contribution < -0.4 is 0 Å². The van der Waals surface area contributed by atoms with Gasteiger partial charge in [0.2, 0.25) is 0 Å². The number of aliphatic hydroxyl groups excluding tert-OH is 1. The third-order valence-corrected chi connectivity index (χ3v) is 2.90. The molecule has 0 rings (SSSR count). The van der Waals surface area contributed by atoms with Crippen LogP contribution >= 0.6 is 8.38 Å². The number of unbranched alkanes of at least 4 members (excludes halogenated alkanes) is 2. The van der Waals surface area contributed by atoms with E-state index in [9.17, 15) is 0 Å². The lowest BCUT2D eigenvalue weighted by atomic mass is 10.3. The number of hydrogen-bond donors (Lipinski definition) is 1. The second kappa shape index (κ2) is 8.41. The van der Waals surface area contributed by atoms with E-state index >= 15 is 0 Å². The normalized spacial score (nSPS) is 10.9. The van der Waals surface area contributed by atoms with E-state index in [2.05, 4.69) is 0 Å². The first-order chi connectivity index (χ1) is 5.35. The zero-order valence-corrected chi connectivity index (χ0v) is 8.14. The second-order valence-electron chi connectivity index (χ2n) is 2.21. The van der Waals surface area contributed by atoms with Crippen LogP contribution in [0.5, 0.6) is 0 Å². The zero-order valence-electron chi connectivity index (χ0n) is 7.25. The maximum absolute atomic E-state index is 8.49. The molecule has 1 N–H and O–H groups in total. The third-order valence-electron chi connectivity index (χ3n) is 1.41. The molecule has 0 unspecified atom stereocenters. The van der Waals surface area contributed by atoms with Gasteiger partial charge in [-0.05, 0) is 12.8 Å². The maximum Gasteiger partial charge on any atom is 0.169 e. The summed E-state index contributed by atoms with van der Waals surface area (Å²) in [6.07, 6.45) is 3.99. The monoisotopic (exact) mass is 180 g/mol. The van der Waals surface area contributed by atoms with Gasteiger partial charge in [0, 0.05) is 27.0 Å². The molecule has 0 aromatic rings. The Kier molecular flexibility index (Phi) is 8.64. The summed E-state index contributed by atoms with van der Waals surface area (Å²) >= 11 is 0. The topological polar surface area (TPSA) is 38.7 Å². The van der Waals surface area contributed by atoms with Crippen molar-refractivity contribution in [3.05, 3.63) is 0 Å². The highest BCUT2D eigenvalue weighted by molar-refractivity contribution is 7.47. The minimum atomic E-state index is -0.654. The zero-order chi connectivity index (χ0) is 8.53. The van der Waals surface area contributed by atoms with Crippen molar-refractivity contribution < 1.29 is 14.2 Å². The molecule has 0 heterocycles. The molecule has 68 valence electrons. The molecule has 0 aromatic heterocycles. The highest BCUT2D eigenvalue weighted by Crippen LogP contribution is 2.36. The van der Waals surface area contributed by atoms with Gasteiger partial charge in [-0.2, -0.15) is 0 Å². The van der Waals surface area contributed by atoms with E-state index in [-0.39, 0.29) is 6.61 Å². The fourth-order valence-corrected chi connectivity index (χ4v) is 1.78. The van der Waals surface area contributed by atoms with Gasteiger partial charge in [0.05, 0.1) is 0 Å². The van der Waals surface area contributed by atoms with Crippen LogP contribution in [0.25, 0.3) is 0 Å². The minimum absolute atomic E-state index is 0.290. The van der Waals surface area contributed by atoms with Crippen molar-refractivity contribution in [2.24, 2.45) is 0 Å². The van der Waals surface area contributed by atoms with Crippen LogP contribution in [0.3, 0.4) is 0 Å². The number of hydrogen-bond acceptors (Lipinski definition) is 3. The van der Waals surface area contributed by atoms with Crippen molar-refractivity contribution in [1.82, 2.24) is 0 Å². The highest BCUT2D eigenvalue weighted by atomic mass is 31.2. The molecule has 0 saturated carbocycles. The molecule has 0 aromatic carbocycles.